The van der Waals surface area contributed by atoms with Crippen LogP contribution < -0.4 is 10.1 Å². The van der Waals surface area contributed by atoms with Crippen molar-refractivity contribution in [3.05, 3.63) is 27.8 Å². The first-order valence-electron chi connectivity index (χ1n) is 9.33. The van der Waals surface area contributed by atoms with E-state index in [-0.39, 0.29) is 11.3 Å². The Morgan fingerprint density at radius 2 is 1.83 bits per heavy atom. The van der Waals surface area contributed by atoms with Crippen molar-refractivity contribution in [3.63, 3.8) is 0 Å². The minimum atomic E-state index is -0.947. The van der Waals surface area contributed by atoms with Gasteiger partial charge in [0, 0.05) is 18.6 Å². The molecule has 162 valence electrons. The zero-order chi connectivity index (χ0) is 22.2. The van der Waals surface area contributed by atoms with E-state index in [2.05, 4.69) is 5.32 Å². The molecule has 2 amide bonds. The Morgan fingerprint density at radius 1 is 1.21 bits per heavy atom. The minimum Gasteiger partial charge on any atom is -0.502 e. The van der Waals surface area contributed by atoms with Crippen LogP contribution in [0.2, 0.25) is 0 Å². The molecule has 0 heterocycles. The highest BCUT2D eigenvalue weighted by Gasteiger charge is 2.25. The molecule has 0 aliphatic rings. The van der Waals surface area contributed by atoms with Gasteiger partial charge in [-0.1, -0.05) is 12.8 Å². The first-order chi connectivity index (χ1) is 13.5. The van der Waals surface area contributed by atoms with Crippen LogP contribution in [0.1, 0.15) is 56.8 Å². The van der Waals surface area contributed by atoms with Gasteiger partial charge in [-0.05, 0) is 39.7 Å². The molecule has 0 aliphatic carbocycles. The average molecular weight is 411 g/mol. The fourth-order valence-electron chi connectivity index (χ4n) is 2.79. The number of amides is 2. The number of phenolic OH excluding ortho intramolecular Hbond substituents is 1. The summed E-state index contributed by atoms with van der Waals surface area (Å²) in [4.78, 5) is 35.1. The van der Waals surface area contributed by atoms with Crippen molar-refractivity contribution >= 4 is 17.7 Å². The van der Waals surface area contributed by atoms with E-state index in [1.54, 1.807) is 0 Å². The number of rotatable bonds is 10. The van der Waals surface area contributed by atoms with Crippen LogP contribution in [0.15, 0.2) is 12.1 Å². The Labute approximate surface area is 169 Å². The average Bonchev–Trinajstić information content (AvgIpc) is 2.62. The first kappa shape index (κ1) is 24.0. The van der Waals surface area contributed by atoms with Crippen LogP contribution in [0.4, 0.5) is 10.5 Å². The fraction of sp³-hybridized carbons (Fsp3) is 0.579. The molecule has 0 saturated carbocycles. The van der Waals surface area contributed by atoms with Crippen molar-refractivity contribution in [1.29, 1.82) is 0 Å². The molecule has 0 fully saturated rings. The molecule has 0 unspecified atom stereocenters. The summed E-state index contributed by atoms with van der Waals surface area (Å²) < 4.78 is 4.94. The molecule has 0 radical (unpaired) electrons. The van der Waals surface area contributed by atoms with Crippen LogP contribution in [-0.2, 0) is 0 Å². The third-order valence-electron chi connectivity index (χ3n) is 4.38. The van der Waals surface area contributed by atoms with Crippen molar-refractivity contribution in [2.75, 3.05) is 20.2 Å². The second-order valence-electron chi connectivity index (χ2n) is 7.57. The molecule has 0 saturated heterocycles. The molecule has 1 rings (SSSR count). The van der Waals surface area contributed by atoms with Gasteiger partial charge in [-0.2, -0.15) is 0 Å². The van der Waals surface area contributed by atoms with Crippen LogP contribution >= 0.6 is 0 Å². The number of hydrogen-bond acceptors (Lipinski definition) is 6. The molecular formula is C19H29N3O7. The van der Waals surface area contributed by atoms with Gasteiger partial charge in [0.2, 0.25) is 5.75 Å². The van der Waals surface area contributed by atoms with Crippen LogP contribution in [-0.4, -0.2) is 57.8 Å². The Morgan fingerprint density at radius 3 is 2.34 bits per heavy atom. The van der Waals surface area contributed by atoms with Gasteiger partial charge in [-0.3, -0.25) is 14.9 Å². The molecule has 0 aromatic heterocycles. The number of phenols is 1. The lowest BCUT2D eigenvalue weighted by Gasteiger charge is -2.33. The molecule has 1 aromatic rings. The molecule has 0 spiro atoms. The van der Waals surface area contributed by atoms with E-state index in [1.807, 2.05) is 20.8 Å². The van der Waals surface area contributed by atoms with Crippen LogP contribution in [0.3, 0.4) is 0 Å². The Hall–Kier alpha value is -3.04. The number of nitrogens with one attached hydrogen (secondary N) is 1. The quantitative estimate of drug-likeness (QED) is 0.304. The van der Waals surface area contributed by atoms with Crippen LogP contribution in [0, 0.1) is 10.1 Å². The summed E-state index contributed by atoms with van der Waals surface area (Å²) in [6.07, 6.45) is 1.99. The summed E-state index contributed by atoms with van der Waals surface area (Å²) in [6.45, 7) is 6.29. The van der Waals surface area contributed by atoms with Gasteiger partial charge in [0.05, 0.1) is 23.7 Å². The smallest absolute Gasteiger partial charge is 0.407 e. The third kappa shape index (κ3) is 7.13. The number of methoxy groups -OCH3 is 1. The maximum atomic E-state index is 12.3. The Kier molecular flexibility index (Phi) is 8.68. The van der Waals surface area contributed by atoms with E-state index in [0.29, 0.717) is 25.9 Å². The lowest BCUT2D eigenvalue weighted by atomic mass is 10.1. The van der Waals surface area contributed by atoms with E-state index >= 15 is 0 Å². The van der Waals surface area contributed by atoms with E-state index < -0.39 is 33.9 Å². The molecule has 10 heteroatoms. The van der Waals surface area contributed by atoms with E-state index in [1.165, 1.54) is 18.1 Å². The molecule has 0 aliphatic heterocycles. The summed E-state index contributed by atoms with van der Waals surface area (Å²) in [5.74, 6) is -1.24. The molecule has 29 heavy (non-hydrogen) atoms. The molecule has 1 aromatic carbocycles. The first-order valence-corrected chi connectivity index (χ1v) is 9.33. The van der Waals surface area contributed by atoms with Crippen LogP contribution in [0.25, 0.3) is 0 Å². The van der Waals surface area contributed by atoms with Gasteiger partial charge in [-0.25, -0.2) is 4.79 Å². The number of nitro groups is 1. The number of unbranched alkanes of at least 4 members (excludes halogenated alkanes) is 3. The minimum absolute atomic E-state index is 0.0986. The fourth-order valence-corrected chi connectivity index (χ4v) is 2.79. The monoisotopic (exact) mass is 411 g/mol. The number of carbonyl (C=O) groups is 2. The van der Waals surface area contributed by atoms with Gasteiger partial charge < -0.3 is 25.2 Å². The highest BCUT2D eigenvalue weighted by atomic mass is 16.6. The second-order valence-corrected chi connectivity index (χ2v) is 7.57. The number of ether oxygens (including phenoxy) is 1. The second kappa shape index (κ2) is 10.5. The molecule has 3 N–H and O–H groups in total. The summed E-state index contributed by atoms with van der Waals surface area (Å²) in [6, 6.07) is 2.29. The number of nitrogens with zero attached hydrogens (tertiary/aromatic N) is 2. The number of hydrogen-bond donors (Lipinski definition) is 3. The summed E-state index contributed by atoms with van der Waals surface area (Å²) in [7, 11) is 1.31. The number of carboxylic acid groups (broad SMARTS) is 1. The maximum Gasteiger partial charge on any atom is 0.407 e. The van der Waals surface area contributed by atoms with E-state index in [9.17, 15) is 29.9 Å². The topological polar surface area (TPSA) is 142 Å². The highest BCUT2D eigenvalue weighted by Crippen LogP contribution is 2.34. The van der Waals surface area contributed by atoms with E-state index in [0.717, 1.165) is 18.9 Å². The van der Waals surface area contributed by atoms with Gasteiger partial charge in [0.15, 0.2) is 0 Å². The lowest BCUT2D eigenvalue weighted by Crippen LogP contribution is -2.45. The largest absolute Gasteiger partial charge is 0.502 e. The van der Waals surface area contributed by atoms with Crippen molar-refractivity contribution in [2.45, 2.75) is 52.0 Å². The number of benzene rings is 1. The van der Waals surface area contributed by atoms with Crippen molar-refractivity contribution in [2.24, 2.45) is 0 Å². The highest BCUT2D eigenvalue weighted by molar-refractivity contribution is 5.98. The van der Waals surface area contributed by atoms with Gasteiger partial charge in [-0.15, -0.1) is 0 Å². The van der Waals surface area contributed by atoms with Crippen molar-refractivity contribution < 1.29 is 29.5 Å². The Balaban J connectivity index is 2.48. The molecular weight excluding hydrogens is 382 g/mol. The van der Waals surface area contributed by atoms with Gasteiger partial charge in [0.1, 0.15) is 5.75 Å². The lowest BCUT2D eigenvalue weighted by molar-refractivity contribution is -0.386. The predicted octanol–water partition coefficient (Wildman–Crippen LogP) is 3.38. The standard InChI is InChI=1S/C19H29N3O7/c1-19(2,3)21(18(25)26)10-8-6-5-7-9-20-17(24)14-11-13(29-4)12-15(16(14)23)22(27)28/h11-12,23H,5-10H2,1-4H3,(H,20,24)(H,25,26). The Bertz CT molecular complexity index is 744. The van der Waals surface area contributed by atoms with Crippen molar-refractivity contribution in [1.82, 2.24) is 10.2 Å². The third-order valence-corrected chi connectivity index (χ3v) is 4.38. The predicted molar refractivity (Wildman–Crippen MR) is 107 cm³/mol. The number of nitro benzene ring substituents is 1. The summed E-state index contributed by atoms with van der Waals surface area (Å²) >= 11 is 0. The maximum absolute atomic E-state index is 12.3. The molecule has 0 atom stereocenters. The zero-order valence-corrected chi connectivity index (χ0v) is 17.2. The van der Waals surface area contributed by atoms with Gasteiger partial charge >= 0.3 is 11.8 Å². The SMILES string of the molecule is COc1cc(C(=O)NCCCCCCN(C(=O)O)C(C)(C)C)c(O)c([N+](=O)[O-])c1. The van der Waals surface area contributed by atoms with Crippen molar-refractivity contribution in [3.8, 4) is 11.5 Å². The molecule has 10 nitrogen and oxygen atoms in total. The zero-order valence-electron chi connectivity index (χ0n) is 17.2. The van der Waals surface area contributed by atoms with E-state index in [4.69, 9.17) is 4.74 Å². The van der Waals surface area contributed by atoms with Crippen LogP contribution in [0.5, 0.6) is 11.5 Å². The number of aromatic hydroxyl groups is 1. The normalized spacial score (nSPS) is 11.0. The summed E-state index contributed by atoms with van der Waals surface area (Å²) in [5, 5.41) is 32.8. The number of carbonyl (C=O) groups excluding carboxylic acids is 1. The summed E-state index contributed by atoms with van der Waals surface area (Å²) in [5.41, 5.74) is -1.28. The molecule has 0 bridgehead atoms. The van der Waals surface area contributed by atoms with Gasteiger partial charge in [0.25, 0.3) is 5.91 Å².